The van der Waals surface area contributed by atoms with Crippen LogP contribution in [0.1, 0.15) is 58.1 Å². The highest BCUT2D eigenvalue weighted by Crippen LogP contribution is 2.19. The Morgan fingerprint density at radius 3 is 1.91 bits per heavy atom. The normalized spacial score (nSPS) is 7.96. The lowest BCUT2D eigenvalue weighted by atomic mass is 10.1. The fourth-order valence-electron chi connectivity index (χ4n) is 1.59. The average molecular weight is 368 g/mol. The zero-order valence-corrected chi connectivity index (χ0v) is 18.0. The fraction of sp³-hybridized carbons (Fsp3) is 0.684. The minimum atomic E-state index is 0.863. The van der Waals surface area contributed by atoms with Crippen molar-refractivity contribution in [3.05, 3.63) is 34.3 Å². The molecule has 2 N–H and O–H groups in total. The molecule has 4 heteroatoms. The molecular formula is C19H39Cl2NO. The molecule has 1 aromatic carbocycles. The van der Waals surface area contributed by atoms with E-state index in [0.717, 1.165) is 24.5 Å². The van der Waals surface area contributed by atoms with Crippen LogP contribution < -0.4 is 5.73 Å². The highest BCUT2D eigenvalue weighted by atomic mass is 35.5. The van der Waals surface area contributed by atoms with E-state index in [2.05, 4.69) is 36.4 Å². The summed E-state index contributed by atoms with van der Waals surface area (Å²) in [7, 11) is 3.25. The van der Waals surface area contributed by atoms with Crippen LogP contribution in [0.2, 0.25) is 5.02 Å². The number of unbranched alkanes of at least 4 members (excludes halogenated alkanes) is 2. The molecule has 0 saturated heterocycles. The summed E-state index contributed by atoms with van der Waals surface area (Å²) in [5.41, 5.74) is 6.99. The maximum Gasteiger partial charge on any atom is 0.0462 e. The Kier molecular flexibility index (Phi) is 39.5. The Morgan fingerprint density at radius 1 is 0.957 bits per heavy atom. The molecule has 1 rings (SSSR count). The van der Waals surface area contributed by atoms with Crippen molar-refractivity contribution in [1.82, 2.24) is 0 Å². The number of hydrogen-bond donors (Lipinski definition) is 1. The monoisotopic (exact) mass is 367 g/mol. The van der Waals surface area contributed by atoms with Gasteiger partial charge in [0.15, 0.2) is 0 Å². The number of halogens is 2. The van der Waals surface area contributed by atoms with E-state index in [1.165, 1.54) is 37.4 Å². The molecular weight excluding hydrogens is 329 g/mol. The Morgan fingerprint density at radius 2 is 1.48 bits per heavy atom. The first-order chi connectivity index (χ1) is 11.2. The SMILES string of the molecule is CC.CC.CCl.CN.COCCCCCc1ccc(C)cc1Cl. The van der Waals surface area contributed by atoms with Crippen molar-refractivity contribution in [3.63, 3.8) is 0 Å². The third-order valence-electron chi connectivity index (χ3n) is 2.50. The van der Waals surface area contributed by atoms with Gasteiger partial charge in [-0.1, -0.05) is 57.8 Å². The molecule has 0 spiro atoms. The second-order valence-corrected chi connectivity index (χ2v) is 4.31. The molecule has 1 aromatic rings. The first-order valence-electron chi connectivity index (χ1n) is 8.43. The van der Waals surface area contributed by atoms with Crippen molar-refractivity contribution in [1.29, 1.82) is 0 Å². The highest BCUT2D eigenvalue weighted by Gasteiger charge is 2.00. The molecule has 23 heavy (non-hydrogen) atoms. The molecule has 0 fully saturated rings. The Labute approximate surface area is 155 Å². The van der Waals surface area contributed by atoms with Gasteiger partial charge in [0.2, 0.25) is 0 Å². The molecule has 0 heterocycles. The van der Waals surface area contributed by atoms with Crippen LogP contribution in [-0.2, 0) is 11.2 Å². The van der Waals surface area contributed by atoms with Gasteiger partial charge in [-0.15, -0.1) is 11.6 Å². The van der Waals surface area contributed by atoms with Gasteiger partial charge in [0.25, 0.3) is 0 Å². The van der Waals surface area contributed by atoms with Gasteiger partial charge in [-0.25, -0.2) is 0 Å². The number of benzene rings is 1. The summed E-state index contributed by atoms with van der Waals surface area (Å²) in [5.74, 6) is 0. The lowest BCUT2D eigenvalue weighted by Crippen LogP contribution is -1.91. The van der Waals surface area contributed by atoms with E-state index in [4.69, 9.17) is 16.3 Å². The van der Waals surface area contributed by atoms with E-state index in [-0.39, 0.29) is 0 Å². The molecule has 0 atom stereocenters. The van der Waals surface area contributed by atoms with Crippen molar-refractivity contribution >= 4 is 23.2 Å². The van der Waals surface area contributed by atoms with Crippen LogP contribution in [0, 0.1) is 6.92 Å². The summed E-state index contributed by atoms with van der Waals surface area (Å²) in [4.78, 5) is 0. The lowest BCUT2D eigenvalue weighted by molar-refractivity contribution is 0.192. The molecule has 0 aromatic heterocycles. The van der Waals surface area contributed by atoms with E-state index in [9.17, 15) is 0 Å². The Balaban J connectivity index is -0.000000196. The second-order valence-electron chi connectivity index (χ2n) is 3.90. The minimum Gasteiger partial charge on any atom is -0.385 e. The first-order valence-corrected chi connectivity index (χ1v) is 9.57. The third-order valence-corrected chi connectivity index (χ3v) is 2.85. The van der Waals surface area contributed by atoms with Gasteiger partial charge in [0.1, 0.15) is 0 Å². The lowest BCUT2D eigenvalue weighted by Gasteiger charge is -2.05. The van der Waals surface area contributed by atoms with Crippen molar-refractivity contribution in [2.24, 2.45) is 5.73 Å². The van der Waals surface area contributed by atoms with Gasteiger partial charge < -0.3 is 10.5 Å². The third kappa shape index (κ3) is 21.7. The zero-order valence-electron chi connectivity index (χ0n) is 16.5. The number of methoxy groups -OCH3 is 1. The van der Waals surface area contributed by atoms with Crippen LogP contribution in [0.4, 0.5) is 0 Å². The molecule has 0 aliphatic carbocycles. The van der Waals surface area contributed by atoms with E-state index >= 15 is 0 Å². The van der Waals surface area contributed by atoms with Gasteiger partial charge in [-0.05, 0) is 50.4 Å². The van der Waals surface area contributed by atoms with E-state index < -0.39 is 0 Å². The summed E-state index contributed by atoms with van der Waals surface area (Å²) >= 11 is 10.8. The maximum atomic E-state index is 6.14. The van der Waals surface area contributed by atoms with E-state index in [1.54, 1.807) is 7.11 Å². The fourth-order valence-corrected chi connectivity index (χ4v) is 1.92. The molecule has 0 amide bonds. The van der Waals surface area contributed by atoms with Crippen LogP contribution in [0.3, 0.4) is 0 Å². The molecule has 0 aliphatic heterocycles. The molecule has 0 saturated carbocycles. The second kappa shape index (κ2) is 29.7. The maximum absolute atomic E-state index is 6.14. The van der Waals surface area contributed by atoms with E-state index in [0.29, 0.717) is 0 Å². The number of nitrogens with two attached hydrogens (primary N) is 1. The van der Waals surface area contributed by atoms with Crippen molar-refractivity contribution in [2.75, 3.05) is 27.1 Å². The van der Waals surface area contributed by atoms with Crippen molar-refractivity contribution in [2.45, 2.75) is 60.3 Å². The summed E-state index contributed by atoms with van der Waals surface area (Å²) in [6, 6.07) is 6.29. The molecule has 0 unspecified atom stereocenters. The number of hydrogen-bond acceptors (Lipinski definition) is 2. The predicted molar refractivity (Wildman–Crippen MR) is 110 cm³/mol. The van der Waals surface area contributed by atoms with Crippen LogP contribution in [0.5, 0.6) is 0 Å². The summed E-state index contributed by atoms with van der Waals surface area (Å²) < 4.78 is 5.01. The van der Waals surface area contributed by atoms with Crippen LogP contribution in [0.25, 0.3) is 0 Å². The van der Waals surface area contributed by atoms with Gasteiger partial charge in [-0.2, -0.15) is 0 Å². The molecule has 140 valence electrons. The summed E-state index contributed by atoms with van der Waals surface area (Å²) in [5, 5.41) is 0.904. The van der Waals surface area contributed by atoms with Gasteiger partial charge in [-0.3, -0.25) is 0 Å². The van der Waals surface area contributed by atoms with Gasteiger partial charge in [0.05, 0.1) is 0 Å². The van der Waals surface area contributed by atoms with Crippen LogP contribution in [-0.4, -0.2) is 27.1 Å². The van der Waals surface area contributed by atoms with Crippen LogP contribution in [0.15, 0.2) is 18.2 Å². The van der Waals surface area contributed by atoms with Crippen molar-refractivity contribution in [3.8, 4) is 0 Å². The molecule has 2 nitrogen and oxygen atoms in total. The number of ether oxygens (including phenoxy) is 1. The van der Waals surface area contributed by atoms with Crippen molar-refractivity contribution < 1.29 is 4.74 Å². The van der Waals surface area contributed by atoms with Crippen LogP contribution >= 0.6 is 23.2 Å². The summed E-state index contributed by atoms with van der Waals surface area (Å²) in [6.45, 7) is 10.9. The average Bonchev–Trinajstić information content (AvgIpc) is 2.63. The predicted octanol–water partition coefficient (Wildman–Crippen LogP) is 6.49. The Bertz CT molecular complexity index is 307. The summed E-state index contributed by atoms with van der Waals surface area (Å²) in [6.07, 6.45) is 6.08. The standard InChI is InChI=1S/C13H19ClO.2C2H6.CH3Cl.CH5N/c1-11-7-8-12(13(14)10-11)6-4-3-5-9-15-2;4*1-2/h7-8,10H,3-6,9H2,1-2H3;2*1-2H3;1H3;2H2,1H3. The minimum absolute atomic E-state index is 0.863. The van der Waals surface area contributed by atoms with Gasteiger partial charge in [0, 0.05) is 25.1 Å². The number of rotatable bonds is 6. The smallest absolute Gasteiger partial charge is 0.0462 e. The Hall–Kier alpha value is -0.280. The highest BCUT2D eigenvalue weighted by molar-refractivity contribution is 6.31. The van der Waals surface area contributed by atoms with Gasteiger partial charge >= 0.3 is 0 Å². The largest absolute Gasteiger partial charge is 0.385 e. The number of aryl methyl sites for hydroxylation is 2. The number of alkyl halides is 1. The molecule has 0 bridgehead atoms. The first kappa shape index (κ1) is 30.6. The molecule has 0 radical (unpaired) electrons. The topological polar surface area (TPSA) is 35.2 Å². The quantitative estimate of drug-likeness (QED) is 0.460. The zero-order chi connectivity index (χ0) is 19.1. The molecule has 0 aliphatic rings. The van der Waals surface area contributed by atoms with E-state index in [1.807, 2.05) is 33.8 Å².